The third-order valence-corrected chi connectivity index (χ3v) is 3.67. The zero-order chi connectivity index (χ0) is 18.1. The van der Waals surface area contributed by atoms with E-state index >= 15 is 0 Å². The summed E-state index contributed by atoms with van der Waals surface area (Å²) in [6.07, 6.45) is 5.42. The van der Waals surface area contributed by atoms with Crippen molar-refractivity contribution in [2.75, 3.05) is 0 Å². The van der Waals surface area contributed by atoms with Gasteiger partial charge in [-0.15, -0.1) is 0 Å². The quantitative estimate of drug-likeness (QED) is 0.731. The van der Waals surface area contributed by atoms with Crippen molar-refractivity contribution in [2.24, 2.45) is 0 Å². The smallest absolute Gasteiger partial charge is 0.326 e. The predicted molar refractivity (Wildman–Crippen MR) is 93.4 cm³/mol. The molecule has 6 heteroatoms. The molecule has 132 valence electrons. The molecule has 0 saturated heterocycles. The molecule has 0 unspecified atom stereocenters. The Balaban J connectivity index is 1.99. The van der Waals surface area contributed by atoms with Crippen molar-refractivity contribution in [3.8, 4) is 5.75 Å². The van der Waals surface area contributed by atoms with Crippen LogP contribution in [0.4, 0.5) is 0 Å². The van der Waals surface area contributed by atoms with Crippen LogP contribution < -0.4 is 10.1 Å². The Hall–Kier alpha value is -2.89. The monoisotopic (exact) mass is 342 g/mol. The van der Waals surface area contributed by atoms with E-state index in [2.05, 4.69) is 10.3 Å². The van der Waals surface area contributed by atoms with Gasteiger partial charge in [0.1, 0.15) is 18.4 Å². The molecule has 0 spiro atoms. The van der Waals surface area contributed by atoms with E-state index in [9.17, 15) is 14.7 Å². The molecule has 0 fully saturated rings. The van der Waals surface area contributed by atoms with E-state index < -0.39 is 17.9 Å². The molecule has 1 aromatic carbocycles. The minimum Gasteiger partial charge on any atom is -0.489 e. The van der Waals surface area contributed by atoms with Crippen molar-refractivity contribution in [1.82, 2.24) is 10.3 Å². The summed E-state index contributed by atoms with van der Waals surface area (Å²) in [5, 5.41) is 11.8. The molecular weight excluding hydrogens is 320 g/mol. The second kappa shape index (κ2) is 9.42. The fourth-order valence-corrected chi connectivity index (χ4v) is 2.28. The van der Waals surface area contributed by atoms with E-state index in [1.165, 1.54) is 0 Å². The number of carboxylic acid groups (broad SMARTS) is 1. The first-order chi connectivity index (χ1) is 12.1. The highest BCUT2D eigenvalue weighted by molar-refractivity contribution is 5.96. The third-order valence-electron chi connectivity index (χ3n) is 3.67. The summed E-state index contributed by atoms with van der Waals surface area (Å²) in [7, 11) is 0. The van der Waals surface area contributed by atoms with Gasteiger partial charge in [-0.25, -0.2) is 4.79 Å². The summed E-state index contributed by atoms with van der Waals surface area (Å²) < 4.78 is 5.66. The Morgan fingerprint density at radius 3 is 2.80 bits per heavy atom. The summed E-state index contributed by atoms with van der Waals surface area (Å²) in [6.45, 7) is 2.32. The van der Waals surface area contributed by atoms with Crippen LogP contribution in [-0.2, 0) is 11.4 Å². The second-order valence-corrected chi connectivity index (χ2v) is 5.68. The number of aromatic nitrogens is 1. The van der Waals surface area contributed by atoms with Crippen molar-refractivity contribution in [3.63, 3.8) is 0 Å². The molecule has 0 saturated carbocycles. The molecule has 6 nitrogen and oxygen atoms in total. The maximum atomic E-state index is 12.3. The fraction of sp³-hybridized carbons (Fsp3) is 0.316. The van der Waals surface area contributed by atoms with Gasteiger partial charge < -0.3 is 15.2 Å². The van der Waals surface area contributed by atoms with Crippen LogP contribution in [0.3, 0.4) is 0 Å². The number of aliphatic carboxylic acids is 1. The van der Waals surface area contributed by atoms with Crippen LogP contribution in [0.1, 0.15) is 42.1 Å². The van der Waals surface area contributed by atoms with Crippen LogP contribution in [0.25, 0.3) is 0 Å². The van der Waals surface area contributed by atoms with Gasteiger partial charge in [-0.05, 0) is 30.7 Å². The van der Waals surface area contributed by atoms with Crippen LogP contribution in [0, 0.1) is 0 Å². The number of carboxylic acids is 1. The van der Waals surface area contributed by atoms with Gasteiger partial charge in [0.05, 0.1) is 0 Å². The number of carbonyl (C=O) groups excluding carboxylic acids is 1. The van der Waals surface area contributed by atoms with Gasteiger partial charge in [0.15, 0.2) is 0 Å². The van der Waals surface area contributed by atoms with Gasteiger partial charge in [0, 0.05) is 23.5 Å². The number of pyridine rings is 1. The summed E-state index contributed by atoms with van der Waals surface area (Å²) in [5.74, 6) is -0.905. The molecule has 1 heterocycles. The molecular formula is C19H22N2O4. The molecule has 2 N–H and O–H groups in total. The van der Waals surface area contributed by atoms with E-state index in [1.54, 1.807) is 36.7 Å². The normalized spacial score (nSPS) is 11.6. The maximum absolute atomic E-state index is 12.3. The molecule has 0 aliphatic heterocycles. The lowest BCUT2D eigenvalue weighted by Gasteiger charge is -2.14. The molecule has 2 rings (SSSR count). The molecule has 25 heavy (non-hydrogen) atoms. The number of amides is 1. The van der Waals surface area contributed by atoms with Gasteiger partial charge in [-0.1, -0.05) is 31.9 Å². The third kappa shape index (κ3) is 5.91. The van der Waals surface area contributed by atoms with Crippen molar-refractivity contribution in [2.45, 2.75) is 38.8 Å². The van der Waals surface area contributed by atoms with Crippen molar-refractivity contribution in [3.05, 3.63) is 59.9 Å². The highest BCUT2D eigenvalue weighted by atomic mass is 16.5. The van der Waals surface area contributed by atoms with Crippen LogP contribution in [0.2, 0.25) is 0 Å². The number of hydrogen-bond acceptors (Lipinski definition) is 4. The first-order valence-electron chi connectivity index (χ1n) is 8.25. The number of nitrogens with one attached hydrogen (secondary N) is 1. The van der Waals surface area contributed by atoms with Gasteiger partial charge in [-0.2, -0.15) is 0 Å². The highest BCUT2D eigenvalue weighted by Gasteiger charge is 2.20. The topological polar surface area (TPSA) is 88.5 Å². The molecule has 0 bridgehead atoms. The molecule has 0 aliphatic rings. The minimum atomic E-state index is -1.02. The van der Waals surface area contributed by atoms with Gasteiger partial charge in [0.2, 0.25) is 0 Å². The SMILES string of the molecule is CCCC[C@H](NC(=O)c1cccc(OCc2cccnc2)c1)C(=O)O. The summed E-state index contributed by atoms with van der Waals surface area (Å²) >= 11 is 0. The van der Waals surface area contributed by atoms with Crippen molar-refractivity contribution in [1.29, 1.82) is 0 Å². The number of unbranched alkanes of at least 4 members (excludes halogenated alkanes) is 1. The minimum absolute atomic E-state index is 0.340. The second-order valence-electron chi connectivity index (χ2n) is 5.68. The molecule has 1 aromatic heterocycles. The average Bonchev–Trinajstić information content (AvgIpc) is 2.64. The van der Waals surface area contributed by atoms with Crippen LogP contribution in [0.5, 0.6) is 5.75 Å². The largest absolute Gasteiger partial charge is 0.489 e. The lowest BCUT2D eigenvalue weighted by Crippen LogP contribution is -2.40. The van der Waals surface area contributed by atoms with E-state index in [1.807, 2.05) is 19.1 Å². The molecule has 1 amide bonds. The fourth-order valence-electron chi connectivity index (χ4n) is 2.28. The van der Waals surface area contributed by atoms with Crippen LogP contribution in [-0.4, -0.2) is 28.0 Å². The number of benzene rings is 1. The zero-order valence-corrected chi connectivity index (χ0v) is 14.1. The average molecular weight is 342 g/mol. The lowest BCUT2D eigenvalue weighted by atomic mass is 10.1. The van der Waals surface area contributed by atoms with E-state index in [0.29, 0.717) is 24.3 Å². The Morgan fingerprint density at radius 2 is 2.12 bits per heavy atom. The Bertz CT molecular complexity index is 704. The standard InChI is InChI=1S/C19H22N2O4/c1-2-3-9-17(19(23)24)21-18(22)15-7-4-8-16(11-15)25-13-14-6-5-10-20-12-14/h4-8,10-12,17H,2-3,9,13H2,1H3,(H,21,22)(H,23,24)/t17-/m0/s1. The van der Waals surface area contributed by atoms with Crippen molar-refractivity contribution < 1.29 is 19.4 Å². The van der Waals surface area contributed by atoms with E-state index in [4.69, 9.17) is 4.74 Å². The van der Waals surface area contributed by atoms with Crippen LogP contribution >= 0.6 is 0 Å². The predicted octanol–water partition coefficient (Wildman–Crippen LogP) is 3.03. The Kier molecular flexibility index (Phi) is 6.95. The summed E-state index contributed by atoms with van der Waals surface area (Å²) in [5.41, 5.74) is 1.29. The molecule has 0 radical (unpaired) electrons. The Morgan fingerprint density at radius 1 is 1.28 bits per heavy atom. The number of nitrogens with zero attached hydrogens (tertiary/aromatic N) is 1. The molecule has 2 aromatic rings. The van der Waals surface area contributed by atoms with E-state index in [0.717, 1.165) is 18.4 Å². The highest BCUT2D eigenvalue weighted by Crippen LogP contribution is 2.15. The molecule has 0 aliphatic carbocycles. The number of ether oxygens (including phenoxy) is 1. The first-order valence-corrected chi connectivity index (χ1v) is 8.25. The maximum Gasteiger partial charge on any atom is 0.326 e. The van der Waals surface area contributed by atoms with Crippen molar-refractivity contribution >= 4 is 11.9 Å². The summed E-state index contributed by atoms with van der Waals surface area (Å²) in [4.78, 5) is 27.6. The lowest BCUT2D eigenvalue weighted by molar-refractivity contribution is -0.139. The summed E-state index contributed by atoms with van der Waals surface area (Å²) in [6, 6.07) is 9.52. The van der Waals surface area contributed by atoms with Gasteiger partial charge in [0.25, 0.3) is 5.91 Å². The molecule has 1 atom stereocenters. The zero-order valence-electron chi connectivity index (χ0n) is 14.1. The van der Waals surface area contributed by atoms with Crippen LogP contribution in [0.15, 0.2) is 48.8 Å². The van der Waals surface area contributed by atoms with Gasteiger partial charge >= 0.3 is 5.97 Å². The van der Waals surface area contributed by atoms with E-state index in [-0.39, 0.29) is 0 Å². The first kappa shape index (κ1) is 18.4. The number of carbonyl (C=O) groups is 2. The number of rotatable bonds is 9. The van der Waals surface area contributed by atoms with Gasteiger partial charge in [-0.3, -0.25) is 9.78 Å². The Labute approximate surface area is 146 Å². The number of hydrogen-bond donors (Lipinski definition) is 2.